The minimum atomic E-state index is -4.92. The Hall–Kier alpha value is -3.36. The number of nitrogens with zero attached hydrogens (tertiary/aromatic N) is 2. The second kappa shape index (κ2) is 9.20. The van der Waals surface area contributed by atoms with Crippen LogP contribution in [0.4, 0.5) is 17.6 Å². The van der Waals surface area contributed by atoms with Crippen molar-refractivity contribution in [1.29, 1.82) is 0 Å². The highest BCUT2D eigenvalue weighted by molar-refractivity contribution is 5.95. The molecule has 1 aromatic heterocycles. The molecule has 164 valence electrons. The monoisotopic (exact) mass is 435 g/mol. The topological polar surface area (TPSA) is 56.1 Å². The largest absolute Gasteiger partial charge is 0.492 e. The van der Waals surface area contributed by atoms with Crippen LogP contribution in [0.1, 0.15) is 41.4 Å². The van der Waals surface area contributed by atoms with Gasteiger partial charge in [-0.2, -0.15) is 18.3 Å². The molecule has 0 aliphatic carbocycles. The first-order chi connectivity index (χ1) is 14.7. The van der Waals surface area contributed by atoms with Crippen molar-refractivity contribution < 1.29 is 27.1 Å². The van der Waals surface area contributed by atoms with Gasteiger partial charge in [-0.15, -0.1) is 0 Å². The van der Waals surface area contributed by atoms with Crippen molar-refractivity contribution in [3.63, 3.8) is 0 Å². The standard InChI is InChI=1S/C22H21F4N3O2/c1-14(2)15-7-9-16(10-8-15)31-12-11-27-21(30)17-13-28-29(20(17)22(24,25)26)19-6-4-3-5-18(19)23/h3-10,13-14H,11-12H2,1-2H3,(H,27,30). The number of alkyl halides is 3. The van der Waals surface area contributed by atoms with Crippen LogP contribution in [0.2, 0.25) is 0 Å². The van der Waals surface area contributed by atoms with Crippen LogP contribution in [0.5, 0.6) is 5.75 Å². The lowest BCUT2D eigenvalue weighted by atomic mass is 10.0. The van der Waals surface area contributed by atoms with Crippen LogP contribution in [0.25, 0.3) is 5.69 Å². The molecule has 0 atom stereocenters. The zero-order valence-corrected chi connectivity index (χ0v) is 16.9. The normalized spacial score (nSPS) is 11.6. The van der Waals surface area contributed by atoms with Crippen LogP contribution in [-0.4, -0.2) is 28.8 Å². The van der Waals surface area contributed by atoms with E-state index in [9.17, 15) is 22.4 Å². The third-order valence-electron chi connectivity index (χ3n) is 4.57. The fraction of sp³-hybridized carbons (Fsp3) is 0.273. The molecular weight excluding hydrogens is 414 g/mol. The number of carbonyl (C=O) groups excluding carboxylic acids is 1. The van der Waals surface area contributed by atoms with Gasteiger partial charge >= 0.3 is 6.18 Å². The van der Waals surface area contributed by atoms with E-state index in [0.717, 1.165) is 23.9 Å². The Morgan fingerprint density at radius 1 is 1.13 bits per heavy atom. The third-order valence-corrected chi connectivity index (χ3v) is 4.57. The van der Waals surface area contributed by atoms with Crippen molar-refractivity contribution >= 4 is 5.91 Å². The lowest BCUT2D eigenvalue weighted by Gasteiger charge is -2.13. The highest BCUT2D eigenvalue weighted by atomic mass is 19.4. The maximum atomic E-state index is 14.0. The molecule has 1 heterocycles. The number of amides is 1. The van der Waals surface area contributed by atoms with Crippen LogP contribution in [0.3, 0.4) is 0 Å². The summed E-state index contributed by atoms with van der Waals surface area (Å²) >= 11 is 0. The maximum absolute atomic E-state index is 14.0. The Morgan fingerprint density at radius 3 is 2.42 bits per heavy atom. The van der Waals surface area contributed by atoms with Crippen LogP contribution >= 0.6 is 0 Å². The number of hydrogen-bond donors (Lipinski definition) is 1. The summed E-state index contributed by atoms with van der Waals surface area (Å²) < 4.78 is 60.8. The van der Waals surface area contributed by atoms with E-state index in [1.54, 1.807) is 12.1 Å². The predicted octanol–water partition coefficient (Wildman–Crippen LogP) is 4.96. The fourth-order valence-corrected chi connectivity index (χ4v) is 2.97. The Kier molecular flexibility index (Phi) is 6.62. The number of carbonyl (C=O) groups is 1. The van der Waals surface area contributed by atoms with Crippen LogP contribution in [0, 0.1) is 5.82 Å². The number of para-hydroxylation sites is 1. The highest BCUT2D eigenvalue weighted by Gasteiger charge is 2.40. The quantitative estimate of drug-likeness (QED) is 0.422. The second-order valence-corrected chi connectivity index (χ2v) is 7.10. The zero-order valence-electron chi connectivity index (χ0n) is 16.9. The Balaban J connectivity index is 1.68. The maximum Gasteiger partial charge on any atom is 0.434 e. The number of rotatable bonds is 7. The molecule has 0 unspecified atom stereocenters. The molecule has 0 fully saturated rings. The Labute approximate surface area is 176 Å². The van der Waals surface area contributed by atoms with E-state index in [1.165, 1.54) is 12.1 Å². The van der Waals surface area contributed by atoms with Crippen molar-refractivity contribution in [1.82, 2.24) is 15.1 Å². The van der Waals surface area contributed by atoms with E-state index in [2.05, 4.69) is 24.3 Å². The van der Waals surface area contributed by atoms with Gasteiger partial charge in [-0.25, -0.2) is 9.07 Å². The van der Waals surface area contributed by atoms with Gasteiger partial charge in [-0.1, -0.05) is 38.1 Å². The SMILES string of the molecule is CC(C)c1ccc(OCCNC(=O)c2cnn(-c3ccccc3F)c2C(F)(F)F)cc1. The molecule has 0 saturated carbocycles. The van der Waals surface area contributed by atoms with Gasteiger partial charge in [0.15, 0.2) is 5.69 Å². The van der Waals surface area contributed by atoms with Gasteiger partial charge in [0.05, 0.1) is 18.3 Å². The van der Waals surface area contributed by atoms with Crippen molar-refractivity contribution in [2.45, 2.75) is 25.9 Å². The number of ether oxygens (including phenoxy) is 1. The van der Waals surface area contributed by atoms with Crippen molar-refractivity contribution in [3.8, 4) is 11.4 Å². The van der Waals surface area contributed by atoms with Gasteiger partial charge in [-0.05, 0) is 35.7 Å². The molecule has 1 N–H and O–H groups in total. The minimum Gasteiger partial charge on any atom is -0.492 e. The first kappa shape index (κ1) is 22.3. The summed E-state index contributed by atoms with van der Waals surface area (Å²) in [5, 5.41) is 5.98. The van der Waals surface area contributed by atoms with Crippen molar-refractivity contribution in [3.05, 3.63) is 77.4 Å². The zero-order chi connectivity index (χ0) is 22.6. The second-order valence-electron chi connectivity index (χ2n) is 7.10. The van der Waals surface area contributed by atoms with Gasteiger partial charge in [0.25, 0.3) is 5.91 Å². The number of nitrogens with one attached hydrogen (secondary N) is 1. The van der Waals surface area contributed by atoms with Crippen molar-refractivity contribution in [2.24, 2.45) is 0 Å². The molecule has 0 aliphatic heterocycles. The fourth-order valence-electron chi connectivity index (χ4n) is 2.97. The van der Waals surface area contributed by atoms with Crippen LogP contribution in [-0.2, 0) is 6.18 Å². The first-order valence-corrected chi connectivity index (χ1v) is 9.59. The summed E-state index contributed by atoms with van der Waals surface area (Å²) in [6.45, 7) is 4.17. The molecule has 0 radical (unpaired) electrons. The molecule has 0 aliphatic rings. The summed E-state index contributed by atoms with van der Waals surface area (Å²) in [4.78, 5) is 12.4. The highest BCUT2D eigenvalue weighted by Crippen LogP contribution is 2.34. The minimum absolute atomic E-state index is 0.0209. The van der Waals surface area contributed by atoms with Gasteiger partial charge < -0.3 is 10.1 Å². The molecule has 1 amide bonds. The molecule has 3 rings (SSSR count). The van der Waals surface area contributed by atoms with E-state index >= 15 is 0 Å². The van der Waals surface area contributed by atoms with E-state index in [1.807, 2.05) is 12.1 Å². The van der Waals surface area contributed by atoms with E-state index in [4.69, 9.17) is 4.74 Å². The molecular formula is C22H21F4N3O2. The smallest absolute Gasteiger partial charge is 0.434 e. The van der Waals surface area contributed by atoms with Crippen LogP contribution in [0.15, 0.2) is 54.7 Å². The van der Waals surface area contributed by atoms with E-state index in [-0.39, 0.29) is 13.2 Å². The molecule has 0 saturated heterocycles. The first-order valence-electron chi connectivity index (χ1n) is 9.59. The van der Waals surface area contributed by atoms with Crippen LogP contribution < -0.4 is 10.1 Å². The molecule has 31 heavy (non-hydrogen) atoms. The Morgan fingerprint density at radius 2 is 1.81 bits per heavy atom. The molecule has 2 aromatic carbocycles. The average Bonchev–Trinajstić information content (AvgIpc) is 3.17. The van der Waals surface area contributed by atoms with Gasteiger partial charge in [-0.3, -0.25) is 4.79 Å². The number of aromatic nitrogens is 2. The Bertz CT molecular complexity index is 1040. The molecule has 0 bridgehead atoms. The molecule has 5 nitrogen and oxygen atoms in total. The number of halogens is 4. The summed E-state index contributed by atoms with van der Waals surface area (Å²) in [7, 11) is 0. The molecule has 9 heteroatoms. The van der Waals surface area contributed by atoms with Gasteiger partial charge in [0.2, 0.25) is 0 Å². The number of hydrogen-bond acceptors (Lipinski definition) is 3. The lowest BCUT2D eigenvalue weighted by Crippen LogP contribution is -2.30. The lowest BCUT2D eigenvalue weighted by molar-refractivity contribution is -0.143. The van der Waals surface area contributed by atoms with Gasteiger partial charge in [0.1, 0.15) is 23.9 Å². The summed E-state index contributed by atoms with van der Waals surface area (Å²) in [6, 6.07) is 12.3. The number of benzene rings is 2. The van der Waals surface area contributed by atoms with Crippen molar-refractivity contribution in [2.75, 3.05) is 13.2 Å². The van der Waals surface area contributed by atoms with Gasteiger partial charge in [0, 0.05) is 0 Å². The third kappa shape index (κ3) is 5.22. The summed E-state index contributed by atoms with van der Waals surface area (Å²) in [5.74, 6) is -0.906. The van der Waals surface area contributed by atoms with E-state index in [0.29, 0.717) is 16.3 Å². The predicted molar refractivity (Wildman–Crippen MR) is 107 cm³/mol. The summed E-state index contributed by atoms with van der Waals surface area (Å²) in [5.41, 5.74) is -1.30. The average molecular weight is 435 g/mol. The summed E-state index contributed by atoms with van der Waals surface area (Å²) in [6.07, 6.45) is -4.14. The molecule has 0 spiro atoms. The van der Waals surface area contributed by atoms with E-state index < -0.39 is 34.8 Å². The molecule has 3 aromatic rings.